The Bertz CT molecular complexity index is 438. The van der Waals surface area contributed by atoms with E-state index < -0.39 is 11.8 Å². The number of hydrogen-bond donors (Lipinski definition) is 0. The van der Waals surface area contributed by atoms with E-state index in [0.29, 0.717) is 26.2 Å². The number of amides is 3. The van der Waals surface area contributed by atoms with Crippen LogP contribution in [0.1, 0.15) is 19.8 Å². The summed E-state index contributed by atoms with van der Waals surface area (Å²) in [5.74, 6) is -0.850. The van der Waals surface area contributed by atoms with E-state index in [-0.39, 0.29) is 11.9 Å². The fourth-order valence-corrected chi connectivity index (χ4v) is 3.06. The average Bonchev–Trinajstić information content (AvgIpc) is 2.53. The maximum absolute atomic E-state index is 12.4. The van der Waals surface area contributed by atoms with E-state index in [0.717, 1.165) is 25.9 Å². The number of likely N-dealkylation sites (tertiary alicyclic amines) is 1. The fraction of sp³-hybridized carbons (Fsp3) is 0.800. The van der Waals surface area contributed by atoms with Crippen LogP contribution in [0.2, 0.25) is 0 Å². The summed E-state index contributed by atoms with van der Waals surface area (Å²) in [5, 5.41) is 0. The van der Waals surface area contributed by atoms with Gasteiger partial charge >= 0.3 is 11.8 Å². The fourth-order valence-electron chi connectivity index (χ4n) is 3.06. The van der Waals surface area contributed by atoms with Gasteiger partial charge in [-0.05, 0) is 33.0 Å². The lowest BCUT2D eigenvalue weighted by Gasteiger charge is -2.37. The SMILES string of the molecule is CC(=O)N1CCN(C(=O)C(=O)N(C)C2CCN(C)CC2)CC1. The van der Waals surface area contributed by atoms with Crippen LogP contribution in [-0.4, -0.2) is 96.7 Å². The first-order valence-corrected chi connectivity index (χ1v) is 7.90. The molecule has 2 rings (SSSR count). The van der Waals surface area contributed by atoms with Crippen molar-refractivity contribution >= 4 is 17.7 Å². The molecule has 0 aromatic heterocycles. The van der Waals surface area contributed by atoms with Crippen LogP contribution in [0.3, 0.4) is 0 Å². The molecule has 0 aromatic carbocycles. The molecule has 0 atom stereocenters. The van der Waals surface area contributed by atoms with Crippen molar-refractivity contribution in [1.29, 1.82) is 0 Å². The first-order valence-electron chi connectivity index (χ1n) is 7.90. The van der Waals surface area contributed by atoms with Crippen LogP contribution >= 0.6 is 0 Å². The second-order valence-electron chi connectivity index (χ2n) is 6.25. The van der Waals surface area contributed by atoms with Crippen LogP contribution in [0.25, 0.3) is 0 Å². The topological polar surface area (TPSA) is 64.2 Å². The van der Waals surface area contributed by atoms with Crippen molar-refractivity contribution in [3.05, 3.63) is 0 Å². The third-order valence-corrected chi connectivity index (χ3v) is 4.75. The zero-order chi connectivity index (χ0) is 16.3. The standard InChI is InChI=1S/C15H26N4O3/c1-12(20)18-8-10-19(11-9-18)15(22)14(21)17(3)13-4-6-16(2)7-5-13/h13H,4-11H2,1-3H3. The molecule has 0 radical (unpaired) electrons. The molecule has 0 aromatic rings. The summed E-state index contributed by atoms with van der Waals surface area (Å²) in [7, 11) is 3.79. The second-order valence-corrected chi connectivity index (χ2v) is 6.25. The number of nitrogens with zero attached hydrogens (tertiary/aromatic N) is 4. The van der Waals surface area contributed by atoms with Gasteiger partial charge in [0.15, 0.2) is 0 Å². The monoisotopic (exact) mass is 310 g/mol. The Morgan fingerprint density at radius 3 is 1.91 bits per heavy atom. The quantitative estimate of drug-likeness (QED) is 0.597. The van der Waals surface area contributed by atoms with Gasteiger partial charge in [0.1, 0.15) is 0 Å². The molecule has 2 heterocycles. The minimum atomic E-state index is -0.440. The summed E-state index contributed by atoms with van der Waals surface area (Å²) < 4.78 is 0. The zero-order valence-corrected chi connectivity index (χ0v) is 13.7. The predicted molar refractivity (Wildman–Crippen MR) is 82.1 cm³/mol. The first-order chi connectivity index (χ1) is 10.4. The number of carbonyl (C=O) groups is 3. The lowest BCUT2D eigenvalue weighted by molar-refractivity contribution is -0.154. The summed E-state index contributed by atoms with van der Waals surface area (Å²) in [6.45, 7) is 5.31. The number of rotatable bonds is 1. The van der Waals surface area contributed by atoms with Crippen LogP contribution in [0.15, 0.2) is 0 Å². The van der Waals surface area contributed by atoms with Crippen LogP contribution < -0.4 is 0 Å². The summed E-state index contributed by atoms with van der Waals surface area (Å²) in [6, 6.07) is 0.145. The lowest BCUT2D eigenvalue weighted by atomic mass is 10.0. The molecule has 0 spiro atoms. The molecule has 0 bridgehead atoms. The van der Waals surface area contributed by atoms with E-state index in [9.17, 15) is 14.4 Å². The third kappa shape index (κ3) is 3.76. The molecule has 7 nitrogen and oxygen atoms in total. The Balaban J connectivity index is 1.87. The Morgan fingerprint density at radius 2 is 1.41 bits per heavy atom. The minimum absolute atomic E-state index is 0.0156. The molecule has 2 aliphatic heterocycles. The summed E-state index contributed by atoms with van der Waals surface area (Å²) in [6.07, 6.45) is 1.81. The largest absolute Gasteiger partial charge is 0.339 e. The molecule has 124 valence electrons. The Kier molecular flexibility index (Phi) is 5.39. The molecule has 0 saturated carbocycles. The number of piperazine rings is 1. The smallest absolute Gasteiger partial charge is 0.312 e. The normalized spacial score (nSPS) is 20.9. The van der Waals surface area contributed by atoms with Crippen molar-refractivity contribution in [2.45, 2.75) is 25.8 Å². The van der Waals surface area contributed by atoms with Gasteiger partial charge in [0.05, 0.1) is 0 Å². The highest BCUT2D eigenvalue weighted by Gasteiger charge is 2.32. The highest BCUT2D eigenvalue weighted by atomic mass is 16.2. The second kappa shape index (κ2) is 7.09. The molecule has 0 N–H and O–H groups in total. The molecule has 3 amide bonds. The molecule has 7 heteroatoms. The lowest BCUT2D eigenvalue weighted by Crippen LogP contribution is -2.55. The third-order valence-electron chi connectivity index (χ3n) is 4.75. The van der Waals surface area contributed by atoms with Gasteiger partial charge in [-0.15, -0.1) is 0 Å². The molecule has 2 fully saturated rings. The van der Waals surface area contributed by atoms with Gasteiger partial charge in [-0.1, -0.05) is 0 Å². The van der Waals surface area contributed by atoms with E-state index in [2.05, 4.69) is 11.9 Å². The van der Waals surface area contributed by atoms with E-state index >= 15 is 0 Å². The highest BCUT2D eigenvalue weighted by Crippen LogP contribution is 2.15. The highest BCUT2D eigenvalue weighted by molar-refractivity contribution is 6.34. The number of piperidine rings is 1. The van der Waals surface area contributed by atoms with Crippen LogP contribution in [0.5, 0.6) is 0 Å². The maximum Gasteiger partial charge on any atom is 0.312 e. The van der Waals surface area contributed by atoms with Crippen molar-refractivity contribution in [3.8, 4) is 0 Å². The number of carbonyl (C=O) groups excluding carboxylic acids is 3. The van der Waals surface area contributed by atoms with Crippen molar-refractivity contribution in [3.63, 3.8) is 0 Å². The van der Waals surface area contributed by atoms with Gasteiger partial charge < -0.3 is 19.6 Å². The van der Waals surface area contributed by atoms with E-state index in [1.54, 1.807) is 21.7 Å². The molecule has 2 aliphatic rings. The summed E-state index contributed by atoms with van der Waals surface area (Å²) in [4.78, 5) is 43.1. The predicted octanol–water partition coefficient (Wildman–Crippen LogP) is -0.770. The van der Waals surface area contributed by atoms with E-state index in [1.807, 2.05) is 0 Å². The first kappa shape index (κ1) is 16.7. The van der Waals surface area contributed by atoms with Gasteiger partial charge in [-0.25, -0.2) is 0 Å². The molecule has 22 heavy (non-hydrogen) atoms. The van der Waals surface area contributed by atoms with E-state index in [1.165, 1.54) is 6.92 Å². The van der Waals surface area contributed by atoms with Gasteiger partial charge in [0.25, 0.3) is 0 Å². The van der Waals surface area contributed by atoms with Crippen LogP contribution in [0, 0.1) is 0 Å². The molecule has 0 aliphatic carbocycles. The van der Waals surface area contributed by atoms with Crippen LogP contribution in [0.4, 0.5) is 0 Å². The van der Waals surface area contributed by atoms with Crippen molar-refractivity contribution in [1.82, 2.24) is 19.6 Å². The Hall–Kier alpha value is -1.63. The molecular formula is C15H26N4O3. The molecule has 0 unspecified atom stereocenters. The Labute approximate surface area is 131 Å². The van der Waals surface area contributed by atoms with Gasteiger partial charge in [0.2, 0.25) is 5.91 Å². The summed E-state index contributed by atoms with van der Waals surface area (Å²) in [5.41, 5.74) is 0. The van der Waals surface area contributed by atoms with Crippen molar-refractivity contribution in [2.24, 2.45) is 0 Å². The summed E-state index contributed by atoms with van der Waals surface area (Å²) >= 11 is 0. The van der Waals surface area contributed by atoms with Gasteiger partial charge in [-0.2, -0.15) is 0 Å². The van der Waals surface area contributed by atoms with Crippen molar-refractivity contribution < 1.29 is 14.4 Å². The van der Waals surface area contributed by atoms with Gasteiger partial charge in [0, 0.05) is 46.2 Å². The zero-order valence-electron chi connectivity index (χ0n) is 13.7. The number of hydrogen-bond acceptors (Lipinski definition) is 4. The van der Waals surface area contributed by atoms with E-state index in [4.69, 9.17) is 0 Å². The maximum atomic E-state index is 12.4. The molecule has 2 saturated heterocycles. The molecular weight excluding hydrogens is 284 g/mol. The minimum Gasteiger partial charge on any atom is -0.339 e. The van der Waals surface area contributed by atoms with Crippen molar-refractivity contribution in [2.75, 3.05) is 53.4 Å². The van der Waals surface area contributed by atoms with Gasteiger partial charge in [-0.3, -0.25) is 14.4 Å². The Morgan fingerprint density at radius 1 is 0.909 bits per heavy atom. The van der Waals surface area contributed by atoms with Crippen LogP contribution in [-0.2, 0) is 14.4 Å². The average molecular weight is 310 g/mol. The number of likely N-dealkylation sites (N-methyl/N-ethyl adjacent to an activating group) is 1.